The summed E-state index contributed by atoms with van der Waals surface area (Å²) in [7, 11) is 0. The summed E-state index contributed by atoms with van der Waals surface area (Å²) in [4.78, 5) is 0. The van der Waals surface area contributed by atoms with Crippen LogP contribution in [0.5, 0.6) is 0 Å². The summed E-state index contributed by atoms with van der Waals surface area (Å²) in [5.41, 5.74) is 1.27. The van der Waals surface area contributed by atoms with E-state index in [4.69, 9.17) is 0 Å². The first kappa shape index (κ1) is 13.3. The minimum Gasteiger partial charge on any atom is -0.392 e. The second kappa shape index (κ2) is 6.74. The predicted molar refractivity (Wildman–Crippen MR) is 80.1 cm³/mol. The number of aliphatic hydroxyl groups is 1. The van der Waals surface area contributed by atoms with Crippen LogP contribution in [0.25, 0.3) is 0 Å². The molecule has 0 radical (unpaired) electrons. The molecule has 1 aromatic rings. The summed E-state index contributed by atoms with van der Waals surface area (Å²) < 4.78 is 1.26. The first-order valence-corrected chi connectivity index (χ1v) is 7.76. The Morgan fingerprint density at radius 1 is 1.06 bits per heavy atom. The topological polar surface area (TPSA) is 20.2 Å². The van der Waals surface area contributed by atoms with Crippen LogP contribution in [0.3, 0.4) is 0 Å². The standard InChI is InChI=1S/C15H21IO/c16-14-9-7-12(8-10-14)11-15(17)13-5-3-1-2-4-6-13/h7-10,13,15,17H,1-6,11H2. The average Bonchev–Trinajstić information content (AvgIpc) is 2.61. The molecule has 1 unspecified atom stereocenters. The van der Waals surface area contributed by atoms with E-state index in [9.17, 15) is 5.11 Å². The lowest BCUT2D eigenvalue weighted by Crippen LogP contribution is -2.22. The van der Waals surface area contributed by atoms with Crippen LogP contribution in [0.4, 0.5) is 0 Å². The Labute approximate surface area is 118 Å². The number of aliphatic hydroxyl groups excluding tert-OH is 1. The van der Waals surface area contributed by atoms with Gasteiger partial charge in [-0.05, 0) is 65.5 Å². The molecule has 2 heteroatoms. The van der Waals surface area contributed by atoms with E-state index in [-0.39, 0.29) is 6.10 Å². The molecule has 1 fully saturated rings. The Morgan fingerprint density at radius 2 is 1.65 bits per heavy atom. The van der Waals surface area contributed by atoms with Gasteiger partial charge in [-0.3, -0.25) is 0 Å². The summed E-state index contributed by atoms with van der Waals surface area (Å²) in [6, 6.07) is 8.52. The van der Waals surface area contributed by atoms with E-state index in [2.05, 4.69) is 46.9 Å². The van der Waals surface area contributed by atoms with Gasteiger partial charge in [0.1, 0.15) is 0 Å². The largest absolute Gasteiger partial charge is 0.392 e. The molecule has 0 bridgehead atoms. The molecular formula is C15H21IO. The van der Waals surface area contributed by atoms with Gasteiger partial charge in [-0.25, -0.2) is 0 Å². The zero-order valence-corrected chi connectivity index (χ0v) is 12.4. The molecule has 1 aliphatic carbocycles. The molecule has 0 aliphatic heterocycles. The highest BCUT2D eigenvalue weighted by atomic mass is 127. The zero-order valence-electron chi connectivity index (χ0n) is 10.2. The fourth-order valence-electron chi connectivity index (χ4n) is 2.72. The Bertz CT molecular complexity index is 325. The van der Waals surface area contributed by atoms with Crippen LogP contribution < -0.4 is 0 Å². The SMILES string of the molecule is OC(Cc1ccc(I)cc1)C1CCCCCC1. The fourth-order valence-corrected chi connectivity index (χ4v) is 3.08. The van der Waals surface area contributed by atoms with E-state index in [1.54, 1.807) is 0 Å². The van der Waals surface area contributed by atoms with Crippen LogP contribution in [0.1, 0.15) is 44.1 Å². The zero-order chi connectivity index (χ0) is 12.1. The Balaban J connectivity index is 1.90. The van der Waals surface area contributed by atoms with Gasteiger partial charge in [0.2, 0.25) is 0 Å². The van der Waals surface area contributed by atoms with Gasteiger partial charge in [0.15, 0.2) is 0 Å². The molecule has 0 heterocycles. The van der Waals surface area contributed by atoms with Gasteiger partial charge in [0.25, 0.3) is 0 Å². The fraction of sp³-hybridized carbons (Fsp3) is 0.600. The van der Waals surface area contributed by atoms with Crippen molar-refractivity contribution in [3.63, 3.8) is 0 Å². The first-order chi connectivity index (χ1) is 8.25. The predicted octanol–water partition coefficient (Wildman–Crippen LogP) is 4.17. The molecular weight excluding hydrogens is 323 g/mol. The number of hydrogen-bond donors (Lipinski definition) is 1. The van der Waals surface area contributed by atoms with E-state index >= 15 is 0 Å². The second-order valence-electron chi connectivity index (χ2n) is 5.15. The lowest BCUT2D eigenvalue weighted by molar-refractivity contribution is 0.0986. The number of benzene rings is 1. The van der Waals surface area contributed by atoms with Crippen LogP contribution in [0.2, 0.25) is 0 Å². The summed E-state index contributed by atoms with van der Waals surface area (Å²) in [6.45, 7) is 0. The maximum Gasteiger partial charge on any atom is 0.0608 e. The molecule has 1 N–H and O–H groups in total. The molecule has 0 aromatic heterocycles. The van der Waals surface area contributed by atoms with E-state index in [0.717, 1.165) is 6.42 Å². The van der Waals surface area contributed by atoms with E-state index < -0.39 is 0 Å². The van der Waals surface area contributed by atoms with Crippen molar-refractivity contribution in [1.29, 1.82) is 0 Å². The van der Waals surface area contributed by atoms with Gasteiger partial charge in [-0.2, -0.15) is 0 Å². The molecule has 0 spiro atoms. The van der Waals surface area contributed by atoms with Crippen LogP contribution >= 0.6 is 22.6 Å². The van der Waals surface area contributed by atoms with Crippen LogP contribution in [0.15, 0.2) is 24.3 Å². The maximum atomic E-state index is 10.3. The van der Waals surface area contributed by atoms with Gasteiger partial charge in [-0.15, -0.1) is 0 Å². The van der Waals surface area contributed by atoms with Crippen LogP contribution in [-0.2, 0) is 6.42 Å². The lowest BCUT2D eigenvalue weighted by Gasteiger charge is -2.21. The van der Waals surface area contributed by atoms with Gasteiger partial charge < -0.3 is 5.11 Å². The molecule has 1 aliphatic rings. The first-order valence-electron chi connectivity index (χ1n) is 6.68. The lowest BCUT2D eigenvalue weighted by atomic mass is 9.90. The third-order valence-electron chi connectivity index (χ3n) is 3.80. The molecule has 1 saturated carbocycles. The molecule has 0 saturated heterocycles. The highest BCUT2D eigenvalue weighted by molar-refractivity contribution is 14.1. The van der Waals surface area contributed by atoms with E-state index in [1.807, 2.05) is 0 Å². The smallest absolute Gasteiger partial charge is 0.0608 e. The average molecular weight is 344 g/mol. The quantitative estimate of drug-likeness (QED) is 0.645. The minimum absolute atomic E-state index is 0.145. The summed E-state index contributed by atoms with van der Waals surface area (Å²) >= 11 is 2.32. The number of hydrogen-bond acceptors (Lipinski definition) is 1. The molecule has 17 heavy (non-hydrogen) atoms. The van der Waals surface area contributed by atoms with Crippen LogP contribution in [-0.4, -0.2) is 11.2 Å². The normalized spacial score (nSPS) is 19.9. The molecule has 0 amide bonds. The van der Waals surface area contributed by atoms with Crippen molar-refractivity contribution in [2.24, 2.45) is 5.92 Å². The highest BCUT2D eigenvalue weighted by Gasteiger charge is 2.20. The Hall–Kier alpha value is -0.0900. The van der Waals surface area contributed by atoms with Gasteiger partial charge in [0, 0.05) is 3.57 Å². The molecule has 1 nitrogen and oxygen atoms in total. The maximum absolute atomic E-state index is 10.3. The summed E-state index contributed by atoms with van der Waals surface area (Å²) in [5.74, 6) is 0.525. The van der Waals surface area contributed by atoms with Gasteiger partial charge in [0.05, 0.1) is 6.10 Å². The molecule has 1 atom stereocenters. The van der Waals surface area contributed by atoms with Crippen molar-refractivity contribution in [1.82, 2.24) is 0 Å². The van der Waals surface area contributed by atoms with Crippen molar-refractivity contribution in [2.75, 3.05) is 0 Å². The summed E-state index contributed by atoms with van der Waals surface area (Å²) in [6.07, 6.45) is 8.41. The van der Waals surface area contributed by atoms with Crippen molar-refractivity contribution >= 4 is 22.6 Å². The third kappa shape index (κ3) is 4.25. The van der Waals surface area contributed by atoms with Gasteiger partial charge >= 0.3 is 0 Å². The molecule has 94 valence electrons. The van der Waals surface area contributed by atoms with Crippen molar-refractivity contribution in [3.8, 4) is 0 Å². The molecule has 2 rings (SSSR count). The van der Waals surface area contributed by atoms with E-state index in [0.29, 0.717) is 5.92 Å². The van der Waals surface area contributed by atoms with Crippen molar-refractivity contribution < 1.29 is 5.11 Å². The third-order valence-corrected chi connectivity index (χ3v) is 4.52. The van der Waals surface area contributed by atoms with Crippen LogP contribution in [0, 0.1) is 9.49 Å². The van der Waals surface area contributed by atoms with Crippen molar-refractivity contribution in [2.45, 2.75) is 51.0 Å². The second-order valence-corrected chi connectivity index (χ2v) is 6.40. The number of rotatable bonds is 3. The molecule has 1 aromatic carbocycles. The number of halogens is 1. The Kier molecular flexibility index (Phi) is 5.29. The minimum atomic E-state index is -0.145. The van der Waals surface area contributed by atoms with E-state index in [1.165, 1.54) is 47.7 Å². The summed E-state index contributed by atoms with van der Waals surface area (Å²) in [5, 5.41) is 10.3. The Morgan fingerprint density at radius 3 is 2.24 bits per heavy atom. The highest BCUT2D eigenvalue weighted by Crippen LogP contribution is 2.27. The van der Waals surface area contributed by atoms with Gasteiger partial charge in [-0.1, -0.05) is 37.8 Å². The monoisotopic (exact) mass is 344 g/mol. The van der Waals surface area contributed by atoms with Crippen molar-refractivity contribution in [3.05, 3.63) is 33.4 Å².